The van der Waals surface area contributed by atoms with Crippen molar-refractivity contribution in [1.29, 1.82) is 0 Å². The Hall–Kier alpha value is -0.0394. The van der Waals surface area contributed by atoms with Gasteiger partial charge in [0.1, 0.15) is 14.7 Å². The zero-order valence-corrected chi connectivity index (χ0v) is 21.8. The van der Waals surface area contributed by atoms with Gasteiger partial charge in [0.2, 0.25) is 6.08 Å². The molecule has 0 N–H and O–H groups in total. The lowest BCUT2D eigenvalue weighted by Gasteiger charge is -2.32. The van der Waals surface area contributed by atoms with Crippen LogP contribution >= 0.6 is 0 Å². The third kappa shape index (κ3) is 9.25. The molecule has 5 heteroatoms. The molecule has 2 aliphatic rings. The summed E-state index contributed by atoms with van der Waals surface area (Å²) in [7, 11) is -3.63. The van der Waals surface area contributed by atoms with Gasteiger partial charge in [-0.1, -0.05) is 31.8 Å². The first-order chi connectivity index (χ1) is 11.7. The van der Waals surface area contributed by atoms with E-state index in [9.17, 15) is 0 Å². The van der Waals surface area contributed by atoms with E-state index >= 15 is 0 Å². The highest BCUT2D eigenvalue weighted by atomic mass is 28.4. The van der Waals surface area contributed by atoms with Crippen LogP contribution in [0.2, 0.25) is 65.0 Å². The maximum atomic E-state index is 6.19. The van der Waals surface area contributed by atoms with Crippen LogP contribution in [0.1, 0.15) is 6.42 Å². The molecule has 150 valence electrons. The molecule has 0 aromatic heterocycles. The summed E-state index contributed by atoms with van der Waals surface area (Å²) in [5.74, 6) is 2.88. The molecule has 1 fully saturated rings. The summed E-state index contributed by atoms with van der Waals surface area (Å²) in [6.07, 6.45) is 9.10. The molecule has 0 saturated heterocycles. The quantitative estimate of drug-likeness (QED) is 0.260. The number of fused-ring (bicyclic) bond motifs is 2. The lowest BCUT2D eigenvalue weighted by molar-refractivity contribution is 0.127. The molecule has 4 atom stereocenters. The van der Waals surface area contributed by atoms with Gasteiger partial charge in [0.25, 0.3) is 0 Å². The van der Waals surface area contributed by atoms with E-state index in [1.807, 2.05) is 0 Å². The number of rotatable bonds is 8. The van der Waals surface area contributed by atoms with Crippen LogP contribution in [0.3, 0.4) is 0 Å². The summed E-state index contributed by atoms with van der Waals surface area (Å²) in [4.78, 5) is 0. The first-order valence-corrected chi connectivity index (χ1v) is 20.7. The van der Waals surface area contributed by atoms with Gasteiger partial charge in [0, 0.05) is 13.2 Å². The van der Waals surface area contributed by atoms with Crippen LogP contribution in [0.5, 0.6) is 0 Å². The Morgan fingerprint density at radius 2 is 1.19 bits per heavy atom. The van der Waals surface area contributed by atoms with Crippen molar-refractivity contribution in [2.45, 2.75) is 71.4 Å². The van der Waals surface area contributed by atoms with Crippen molar-refractivity contribution < 1.29 is 8.85 Å². The standard InChI is InChI=1S/C15H30O2Si2.C6H13Si/c1-18(2,3)16-10-14-12-7-8-13(9-12)15(14)11-17-19(4,5)6;1-5-6-7(2,3)4/h7-8,12-15H,9-11H2,1-6H3;1,6H2,2-4H3/q;+1. The van der Waals surface area contributed by atoms with E-state index in [1.165, 1.54) is 6.42 Å². The maximum Gasteiger partial charge on any atom is 0.210 e. The summed E-state index contributed by atoms with van der Waals surface area (Å²) in [6.45, 7) is 26.1. The average Bonchev–Trinajstić information content (AvgIpc) is 3.01. The Morgan fingerprint density at radius 3 is 1.42 bits per heavy atom. The van der Waals surface area contributed by atoms with Gasteiger partial charge in [0.05, 0.1) is 0 Å². The van der Waals surface area contributed by atoms with Crippen LogP contribution in [0.4, 0.5) is 0 Å². The molecular weight excluding hydrogens is 368 g/mol. The lowest BCUT2D eigenvalue weighted by Crippen LogP contribution is -2.36. The second-order valence-electron chi connectivity index (χ2n) is 11.1. The largest absolute Gasteiger partial charge is 0.417 e. The second-order valence-corrected chi connectivity index (χ2v) is 25.6. The molecule has 0 aliphatic heterocycles. The van der Waals surface area contributed by atoms with Crippen LogP contribution in [0.15, 0.2) is 18.7 Å². The van der Waals surface area contributed by atoms with E-state index in [0.29, 0.717) is 11.8 Å². The van der Waals surface area contributed by atoms with Gasteiger partial charge in [-0.05, 0) is 69.4 Å². The minimum absolute atomic E-state index is 0.693. The van der Waals surface area contributed by atoms with Crippen molar-refractivity contribution in [2.75, 3.05) is 13.2 Å². The topological polar surface area (TPSA) is 18.5 Å². The SMILES string of the molecule is C=[C+]C[Si](C)(C)C.C[Si](C)(C)OCC1C2C=CC(C2)C1CO[Si](C)(C)C. The van der Waals surface area contributed by atoms with Crippen LogP contribution in [0, 0.1) is 29.7 Å². The predicted octanol–water partition coefficient (Wildman–Crippen LogP) is 6.44. The minimum atomic E-state index is -1.40. The Bertz CT molecular complexity index is 437. The van der Waals surface area contributed by atoms with Gasteiger partial charge >= 0.3 is 0 Å². The van der Waals surface area contributed by atoms with Gasteiger partial charge in [-0.3, -0.25) is 0 Å². The van der Waals surface area contributed by atoms with Crippen molar-refractivity contribution >= 4 is 24.7 Å². The highest BCUT2D eigenvalue weighted by Gasteiger charge is 2.45. The molecule has 0 spiro atoms. The highest BCUT2D eigenvalue weighted by molar-refractivity contribution is 6.76. The highest BCUT2D eigenvalue weighted by Crippen LogP contribution is 2.48. The second kappa shape index (κ2) is 9.44. The van der Waals surface area contributed by atoms with Crippen molar-refractivity contribution in [3.8, 4) is 0 Å². The molecule has 0 radical (unpaired) electrons. The third-order valence-electron chi connectivity index (χ3n) is 4.87. The van der Waals surface area contributed by atoms with Crippen LogP contribution in [0.25, 0.3) is 0 Å². The summed E-state index contributed by atoms with van der Waals surface area (Å²) >= 11 is 0. The third-order valence-corrected chi connectivity index (χ3v) is 8.25. The van der Waals surface area contributed by atoms with Crippen molar-refractivity contribution in [3.63, 3.8) is 0 Å². The molecular formula is C21H43O2Si3+. The Morgan fingerprint density at radius 1 is 0.808 bits per heavy atom. The van der Waals surface area contributed by atoms with Crippen LogP contribution < -0.4 is 0 Å². The fourth-order valence-electron chi connectivity index (χ4n) is 3.59. The number of hydrogen-bond acceptors (Lipinski definition) is 2. The number of hydrogen-bond donors (Lipinski definition) is 0. The van der Waals surface area contributed by atoms with E-state index in [-0.39, 0.29) is 0 Å². The first kappa shape index (κ1) is 24.0. The summed E-state index contributed by atoms with van der Waals surface area (Å²) in [5.41, 5.74) is 0. The van der Waals surface area contributed by atoms with Gasteiger partial charge in [0.15, 0.2) is 22.7 Å². The van der Waals surface area contributed by atoms with Gasteiger partial charge in [-0.2, -0.15) is 0 Å². The zero-order valence-electron chi connectivity index (χ0n) is 18.8. The maximum absolute atomic E-state index is 6.19. The molecule has 4 unspecified atom stereocenters. The molecule has 0 aromatic rings. The first-order valence-electron chi connectivity index (χ1n) is 10.2. The van der Waals surface area contributed by atoms with E-state index < -0.39 is 24.7 Å². The summed E-state index contributed by atoms with van der Waals surface area (Å²) in [5, 5.41) is 0. The Labute approximate surface area is 166 Å². The van der Waals surface area contributed by atoms with Crippen LogP contribution in [-0.2, 0) is 8.85 Å². The number of allylic oxidation sites excluding steroid dienone is 3. The monoisotopic (exact) mass is 411 g/mol. The van der Waals surface area contributed by atoms with Crippen molar-refractivity contribution in [2.24, 2.45) is 23.7 Å². The van der Waals surface area contributed by atoms with Gasteiger partial charge in [-0.15, -0.1) is 0 Å². The fraction of sp³-hybridized carbons (Fsp3) is 0.810. The lowest BCUT2D eigenvalue weighted by atomic mass is 9.84. The Kier molecular flexibility index (Phi) is 8.71. The summed E-state index contributed by atoms with van der Waals surface area (Å²) in [6, 6.07) is 1.12. The van der Waals surface area contributed by atoms with Crippen molar-refractivity contribution in [3.05, 3.63) is 24.8 Å². The van der Waals surface area contributed by atoms with Crippen LogP contribution in [-0.4, -0.2) is 37.9 Å². The summed E-state index contributed by atoms with van der Waals surface area (Å²) < 4.78 is 12.4. The van der Waals surface area contributed by atoms with E-state index in [1.54, 1.807) is 0 Å². The minimum Gasteiger partial charge on any atom is -0.417 e. The van der Waals surface area contributed by atoms with Gasteiger partial charge in [-0.25, -0.2) is 0 Å². The predicted molar refractivity (Wildman–Crippen MR) is 123 cm³/mol. The van der Waals surface area contributed by atoms with Gasteiger partial charge < -0.3 is 8.85 Å². The van der Waals surface area contributed by atoms with E-state index in [0.717, 1.165) is 31.1 Å². The molecule has 1 saturated carbocycles. The molecule has 0 heterocycles. The molecule has 0 amide bonds. The molecule has 2 aliphatic carbocycles. The molecule has 26 heavy (non-hydrogen) atoms. The molecule has 0 aromatic carbocycles. The smallest absolute Gasteiger partial charge is 0.210 e. The van der Waals surface area contributed by atoms with Crippen molar-refractivity contribution in [1.82, 2.24) is 0 Å². The molecule has 2 bridgehead atoms. The average molecular weight is 412 g/mol. The molecule has 2 nitrogen and oxygen atoms in total. The van der Waals surface area contributed by atoms with E-state index in [4.69, 9.17) is 8.85 Å². The Balaban J connectivity index is 0.000000412. The normalized spacial score (nSPS) is 27.9. The molecule has 2 rings (SSSR count). The van der Waals surface area contributed by atoms with E-state index in [2.05, 4.69) is 83.7 Å². The zero-order chi connectivity index (χ0) is 20.2. The fourth-order valence-corrected chi connectivity index (χ4v) is 5.72.